The standard InChI is InChI=1S/C16H29NO4/c1-4-19-15(18)16(3,17-13-7-8-13)10-12(2)21-11-14-6-5-9-20-14/h12-14,17H,4-11H2,1-3H3. The Morgan fingerprint density at radius 1 is 1.43 bits per heavy atom. The first-order chi connectivity index (χ1) is 10.0. The quantitative estimate of drug-likeness (QED) is 0.660. The molecule has 0 radical (unpaired) electrons. The average molecular weight is 299 g/mol. The third kappa shape index (κ3) is 5.24. The molecule has 122 valence electrons. The smallest absolute Gasteiger partial charge is 0.326 e. The van der Waals surface area contributed by atoms with Crippen LogP contribution in [0.3, 0.4) is 0 Å². The van der Waals surface area contributed by atoms with Crippen LogP contribution in [0, 0.1) is 0 Å². The van der Waals surface area contributed by atoms with Gasteiger partial charge in [0, 0.05) is 19.1 Å². The van der Waals surface area contributed by atoms with E-state index < -0.39 is 5.54 Å². The second-order valence-electron chi connectivity index (χ2n) is 6.45. The van der Waals surface area contributed by atoms with Gasteiger partial charge in [-0.05, 0) is 46.5 Å². The maximum absolute atomic E-state index is 12.3. The molecule has 2 rings (SSSR count). The lowest BCUT2D eigenvalue weighted by atomic mass is 9.94. The summed E-state index contributed by atoms with van der Waals surface area (Å²) >= 11 is 0. The fourth-order valence-corrected chi connectivity index (χ4v) is 2.85. The Morgan fingerprint density at radius 2 is 2.19 bits per heavy atom. The molecule has 0 aromatic rings. The number of hydrogen-bond acceptors (Lipinski definition) is 5. The number of esters is 1. The molecule has 21 heavy (non-hydrogen) atoms. The summed E-state index contributed by atoms with van der Waals surface area (Å²) in [5.74, 6) is -0.176. The van der Waals surface area contributed by atoms with Gasteiger partial charge in [-0.15, -0.1) is 0 Å². The molecule has 2 aliphatic rings. The Labute approximate surface area is 127 Å². The minimum Gasteiger partial charge on any atom is -0.465 e. The van der Waals surface area contributed by atoms with Crippen LogP contribution in [-0.4, -0.2) is 49.6 Å². The third-order valence-electron chi connectivity index (χ3n) is 4.11. The van der Waals surface area contributed by atoms with Crippen molar-refractivity contribution in [3.8, 4) is 0 Å². The molecule has 1 aliphatic carbocycles. The molecule has 3 atom stereocenters. The van der Waals surface area contributed by atoms with Gasteiger partial charge in [0.05, 0.1) is 25.4 Å². The number of carbonyl (C=O) groups is 1. The summed E-state index contributed by atoms with van der Waals surface area (Å²) in [6, 6.07) is 0.449. The molecule has 5 heteroatoms. The van der Waals surface area contributed by atoms with Crippen LogP contribution in [0.4, 0.5) is 0 Å². The van der Waals surface area contributed by atoms with Crippen LogP contribution in [0.15, 0.2) is 0 Å². The van der Waals surface area contributed by atoms with Crippen molar-refractivity contribution in [2.24, 2.45) is 0 Å². The Kier molecular flexibility index (Phi) is 6.02. The molecule has 3 unspecified atom stereocenters. The second kappa shape index (κ2) is 7.56. The largest absolute Gasteiger partial charge is 0.465 e. The Morgan fingerprint density at radius 3 is 2.76 bits per heavy atom. The van der Waals surface area contributed by atoms with Gasteiger partial charge >= 0.3 is 5.97 Å². The zero-order valence-electron chi connectivity index (χ0n) is 13.5. The van der Waals surface area contributed by atoms with E-state index >= 15 is 0 Å². The molecule has 1 saturated carbocycles. The van der Waals surface area contributed by atoms with Crippen molar-refractivity contribution in [1.82, 2.24) is 5.32 Å². The maximum Gasteiger partial charge on any atom is 0.326 e. The van der Waals surface area contributed by atoms with Gasteiger partial charge in [0.2, 0.25) is 0 Å². The van der Waals surface area contributed by atoms with Gasteiger partial charge in [0.15, 0.2) is 0 Å². The van der Waals surface area contributed by atoms with Gasteiger partial charge in [-0.25, -0.2) is 0 Å². The van der Waals surface area contributed by atoms with Crippen molar-refractivity contribution in [2.75, 3.05) is 19.8 Å². The molecule has 1 saturated heterocycles. The predicted molar refractivity (Wildman–Crippen MR) is 80.2 cm³/mol. The van der Waals surface area contributed by atoms with Crippen molar-refractivity contribution in [3.63, 3.8) is 0 Å². The van der Waals surface area contributed by atoms with Crippen LogP contribution in [0.5, 0.6) is 0 Å². The fourth-order valence-electron chi connectivity index (χ4n) is 2.85. The predicted octanol–water partition coefficient (Wildman–Crippen LogP) is 2.03. The molecule has 0 aromatic carbocycles. The highest BCUT2D eigenvalue weighted by Crippen LogP contribution is 2.26. The molecule has 0 bridgehead atoms. The Hall–Kier alpha value is -0.650. The minimum atomic E-state index is -0.660. The zero-order valence-corrected chi connectivity index (χ0v) is 13.5. The van der Waals surface area contributed by atoms with E-state index in [1.54, 1.807) is 0 Å². The van der Waals surface area contributed by atoms with Gasteiger partial charge in [-0.3, -0.25) is 10.1 Å². The van der Waals surface area contributed by atoms with Gasteiger partial charge in [-0.1, -0.05) is 0 Å². The fraction of sp³-hybridized carbons (Fsp3) is 0.938. The molecule has 0 amide bonds. The number of ether oxygens (including phenoxy) is 3. The molecule has 1 heterocycles. The minimum absolute atomic E-state index is 0.00476. The molecule has 2 fully saturated rings. The number of nitrogens with one attached hydrogen (secondary N) is 1. The number of carbonyl (C=O) groups excluding carboxylic acids is 1. The van der Waals surface area contributed by atoms with Crippen LogP contribution in [0.2, 0.25) is 0 Å². The first kappa shape index (κ1) is 16.7. The summed E-state index contributed by atoms with van der Waals surface area (Å²) < 4.78 is 16.7. The summed E-state index contributed by atoms with van der Waals surface area (Å²) in [7, 11) is 0. The van der Waals surface area contributed by atoms with Crippen molar-refractivity contribution >= 4 is 5.97 Å². The van der Waals surface area contributed by atoms with Gasteiger partial charge in [0.1, 0.15) is 5.54 Å². The van der Waals surface area contributed by atoms with Crippen molar-refractivity contribution in [2.45, 2.75) is 76.7 Å². The van der Waals surface area contributed by atoms with E-state index in [1.807, 2.05) is 20.8 Å². The average Bonchev–Trinajstić information content (AvgIpc) is 3.07. The topological polar surface area (TPSA) is 56.8 Å². The maximum atomic E-state index is 12.3. The van der Waals surface area contributed by atoms with E-state index in [2.05, 4.69) is 5.32 Å². The van der Waals surface area contributed by atoms with Gasteiger partial charge < -0.3 is 14.2 Å². The summed E-state index contributed by atoms with van der Waals surface area (Å²) in [4.78, 5) is 12.3. The molecule has 5 nitrogen and oxygen atoms in total. The monoisotopic (exact) mass is 299 g/mol. The van der Waals surface area contributed by atoms with Gasteiger partial charge in [-0.2, -0.15) is 0 Å². The highest BCUT2D eigenvalue weighted by atomic mass is 16.5. The molecule has 0 aromatic heterocycles. The molecule has 1 N–H and O–H groups in total. The van der Waals surface area contributed by atoms with Crippen LogP contribution in [-0.2, 0) is 19.0 Å². The lowest BCUT2D eigenvalue weighted by Gasteiger charge is -2.31. The first-order valence-corrected chi connectivity index (χ1v) is 8.21. The molecular formula is C16H29NO4. The van der Waals surface area contributed by atoms with E-state index in [4.69, 9.17) is 14.2 Å². The summed E-state index contributed by atoms with van der Waals surface area (Å²) in [5.41, 5.74) is -0.660. The second-order valence-corrected chi connectivity index (χ2v) is 6.45. The normalized spacial score (nSPS) is 26.3. The van der Waals surface area contributed by atoms with Crippen LogP contribution < -0.4 is 5.32 Å². The highest BCUT2D eigenvalue weighted by Gasteiger charge is 2.41. The molecule has 1 aliphatic heterocycles. The van der Waals surface area contributed by atoms with E-state index in [1.165, 1.54) is 0 Å². The van der Waals surface area contributed by atoms with E-state index in [-0.39, 0.29) is 18.2 Å². The van der Waals surface area contributed by atoms with Crippen LogP contribution in [0.25, 0.3) is 0 Å². The lowest BCUT2D eigenvalue weighted by molar-refractivity contribution is -0.152. The van der Waals surface area contributed by atoms with E-state index in [0.29, 0.717) is 25.7 Å². The molecule has 0 spiro atoms. The summed E-state index contributed by atoms with van der Waals surface area (Å²) in [5, 5.41) is 3.42. The van der Waals surface area contributed by atoms with E-state index in [9.17, 15) is 4.79 Å². The lowest BCUT2D eigenvalue weighted by Crippen LogP contribution is -2.53. The van der Waals surface area contributed by atoms with Crippen molar-refractivity contribution in [3.05, 3.63) is 0 Å². The Bertz CT molecular complexity index is 339. The summed E-state index contributed by atoms with van der Waals surface area (Å²) in [6.45, 7) is 7.64. The van der Waals surface area contributed by atoms with Crippen molar-refractivity contribution in [1.29, 1.82) is 0 Å². The van der Waals surface area contributed by atoms with Gasteiger partial charge in [0.25, 0.3) is 0 Å². The van der Waals surface area contributed by atoms with Crippen LogP contribution >= 0.6 is 0 Å². The summed E-state index contributed by atoms with van der Waals surface area (Å²) in [6.07, 6.45) is 5.30. The molecular weight excluding hydrogens is 270 g/mol. The van der Waals surface area contributed by atoms with Crippen molar-refractivity contribution < 1.29 is 19.0 Å². The Balaban J connectivity index is 1.82. The zero-order chi connectivity index (χ0) is 15.3. The van der Waals surface area contributed by atoms with Crippen LogP contribution in [0.1, 0.15) is 52.9 Å². The highest BCUT2D eigenvalue weighted by molar-refractivity contribution is 5.80. The number of rotatable bonds is 9. The third-order valence-corrected chi connectivity index (χ3v) is 4.11. The van der Waals surface area contributed by atoms with E-state index in [0.717, 1.165) is 32.3 Å². The SMILES string of the molecule is CCOC(=O)C(C)(CC(C)OCC1CCCO1)NC1CC1. The number of hydrogen-bond donors (Lipinski definition) is 1. The first-order valence-electron chi connectivity index (χ1n) is 8.21.